The molecule has 4 rings (SSSR count). The molecule has 2 aliphatic rings. The third kappa shape index (κ3) is 4.53. The predicted molar refractivity (Wildman–Crippen MR) is 109 cm³/mol. The maximum Gasteiger partial charge on any atom is 0.251 e. The van der Waals surface area contributed by atoms with Gasteiger partial charge in [0.25, 0.3) is 5.91 Å². The highest BCUT2D eigenvalue weighted by atomic mass is 16.7. The minimum atomic E-state index is -0.276. The van der Waals surface area contributed by atoms with Gasteiger partial charge in [-0.1, -0.05) is 18.2 Å². The molecule has 30 heavy (non-hydrogen) atoms. The fourth-order valence-corrected chi connectivity index (χ4v) is 3.57. The average molecular weight is 409 g/mol. The molecule has 8 nitrogen and oxygen atoms in total. The minimum Gasteiger partial charge on any atom is -0.454 e. The molecular formula is C22H23N3O5. The molecule has 0 radical (unpaired) electrons. The SMILES string of the molecule is O=C(NCC(=O)N1CCC(C(=O)Nc2ccc3c(c2)OCO3)CC1)c1ccccc1. The molecule has 0 saturated carbocycles. The predicted octanol–water partition coefficient (Wildman–Crippen LogP) is 2.02. The third-order valence-electron chi connectivity index (χ3n) is 5.29. The van der Waals surface area contributed by atoms with Crippen LogP contribution in [0.5, 0.6) is 11.5 Å². The van der Waals surface area contributed by atoms with Crippen LogP contribution in [0.3, 0.4) is 0 Å². The van der Waals surface area contributed by atoms with Gasteiger partial charge in [0, 0.05) is 36.3 Å². The number of nitrogens with one attached hydrogen (secondary N) is 2. The van der Waals surface area contributed by atoms with E-state index in [2.05, 4.69) is 10.6 Å². The number of rotatable bonds is 5. The van der Waals surface area contributed by atoms with Crippen LogP contribution in [0.4, 0.5) is 5.69 Å². The first-order valence-corrected chi connectivity index (χ1v) is 9.92. The number of hydrogen-bond acceptors (Lipinski definition) is 5. The van der Waals surface area contributed by atoms with Crippen LogP contribution in [0, 0.1) is 5.92 Å². The Morgan fingerprint density at radius 1 is 0.967 bits per heavy atom. The highest BCUT2D eigenvalue weighted by Gasteiger charge is 2.28. The Hall–Kier alpha value is -3.55. The van der Waals surface area contributed by atoms with Crippen molar-refractivity contribution in [1.82, 2.24) is 10.2 Å². The number of fused-ring (bicyclic) bond motifs is 1. The number of amides is 3. The summed E-state index contributed by atoms with van der Waals surface area (Å²) in [5.74, 6) is 0.623. The molecule has 1 saturated heterocycles. The van der Waals surface area contributed by atoms with Gasteiger partial charge in [0.05, 0.1) is 6.54 Å². The normalized spacial score (nSPS) is 15.5. The number of piperidine rings is 1. The molecule has 2 heterocycles. The highest BCUT2D eigenvalue weighted by Crippen LogP contribution is 2.34. The van der Waals surface area contributed by atoms with Crippen LogP contribution in [0.2, 0.25) is 0 Å². The summed E-state index contributed by atoms with van der Waals surface area (Å²) in [5.41, 5.74) is 1.18. The minimum absolute atomic E-state index is 0.0538. The Kier molecular flexibility index (Phi) is 5.83. The van der Waals surface area contributed by atoms with E-state index in [4.69, 9.17) is 9.47 Å². The number of benzene rings is 2. The first-order chi connectivity index (χ1) is 14.6. The van der Waals surface area contributed by atoms with Gasteiger partial charge in [-0.25, -0.2) is 0 Å². The quantitative estimate of drug-likeness (QED) is 0.788. The van der Waals surface area contributed by atoms with E-state index in [1.807, 2.05) is 6.07 Å². The van der Waals surface area contributed by atoms with Gasteiger partial charge in [0.1, 0.15) is 0 Å². The smallest absolute Gasteiger partial charge is 0.251 e. The lowest BCUT2D eigenvalue weighted by Crippen LogP contribution is -2.45. The second-order valence-electron chi connectivity index (χ2n) is 7.26. The van der Waals surface area contributed by atoms with Gasteiger partial charge in [-0.3, -0.25) is 14.4 Å². The number of hydrogen-bond donors (Lipinski definition) is 2. The summed E-state index contributed by atoms with van der Waals surface area (Å²) in [6, 6.07) is 14.1. The van der Waals surface area contributed by atoms with Gasteiger partial charge in [0.2, 0.25) is 18.6 Å². The third-order valence-corrected chi connectivity index (χ3v) is 5.29. The van der Waals surface area contributed by atoms with Gasteiger partial charge >= 0.3 is 0 Å². The van der Waals surface area contributed by atoms with Crippen molar-refractivity contribution < 1.29 is 23.9 Å². The van der Waals surface area contributed by atoms with E-state index >= 15 is 0 Å². The molecule has 0 spiro atoms. The average Bonchev–Trinajstić information content (AvgIpc) is 3.26. The van der Waals surface area contributed by atoms with Crippen LogP contribution in [-0.2, 0) is 9.59 Å². The van der Waals surface area contributed by atoms with Crippen molar-refractivity contribution in [3.8, 4) is 11.5 Å². The van der Waals surface area contributed by atoms with Crippen LogP contribution in [-0.4, -0.2) is 49.0 Å². The molecule has 2 aromatic rings. The molecule has 0 aliphatic carbocycles. The molecule has 0 aromatic heterocycles. The van der Waals surface area contributed by atoms with E-state index in [-0.39, 0.29) is 37.0 Å². The number of anilines is 1. The van der Waals surface area contributed by atoms with Crippen molar-refractivity contribution in [2.45, 2.75) is 12.8 Å². The van der Waals surface area contributed by atoms with Crippen molar-refractivity contribution in [3.63, 3.8) is 0 Å². The Morgan fingerprint density at radius 2 is 1.70 bits per heavy atom. The van der Waals surface area contributed by atoms with E-state index in [1.165, 1.54) is 0 Å². The van der Waals surface area contributed by atoms with Crippen molar-refractivity contribution in [2.24, 2.45) is 5.92 Å². The lowest BCUT2D eigenvalue weighted by molar-refractivity contribution is -0.133. The molecule has 0 unspecified atom stereocenters. The van der Waals surface area contributed by atoms with Crippen LogP contribution >= 0.6 is 0 Å². The van der Waals surface area contributed by atoms with Crippen molar-refractivity contribution in [2.75, 3.05) is 31.7 Å². The highest BCUT2D eigenvalue weighted by molar-refractivity contribution is 5.96. The van der Waals surface area contributed by atoms with Crippen molar-refractivity contribution >= 4 is 23.4 Å². The summed E-state index contributed by atoms with van der Waals surface area (Å²) < 4.78 is 10.6. The fraction of sp³-hybridized carbons (Fsp3) is 0.318. The van der Waals surface area contributed by atoms with Gasteiger partial charge in [0.15, 0.2) is 11.5 Å². The topological polar surface area (TPSA) is 97.0 Å². The largest absolute Gasteiger partial charge is 0.454 e. The Bertz CT molecular complexity index is 939. The zero-order valence-corrected chi connectivity index (χ0v) is 16.4. The molecule has 2 aliphatic heterocycles. The number of likely N-dealkylation sites (tertiary alicyclic amines) is 1. The van der Waals surface area contributed by atoms with Gasteiger partial charge in [-0.15, -0.1) is 0 Å². The molecule has 2 aromatic carbocycles. The van der Waals surface area contributed by atoms with E-state index in [9.17, 15) is 14.4 Å². The van der Waals surface area contributed by atoms with E-state index in [1.54, 1.807) is 47.4 Å². The Morgan fingerprint density at radius 3 is 2.47 bits per heavy atom. The summed E-state index contributed by atoms with van der Waals surface area (Å²) in [4.78, 5) is 38.7. The summed E-state index contributed by atoms with van der Waals surface area (Å²) in [6.45, 7) is 1.10. The van der Waals surface area contributed by atoms with Gasteiger partial charge in [-0.2, -0.15) is 0 Å². The van der Waals surface area contributed by atoms with Crippen LogP contribution < -0.4 is 20.1 Å². The van der Waals surface area contributed by atoms with E-state index in [0.717, 1.165) is 0 Å². The fourth-order valence-electron chi connectivity index (χ4n) is 3.57. The summed E-state index contributed by atoms with van der Waals surface area (Å²) in [6.07, 6.45) is 1.16. The summed E-state index contributed by atoms with van der Waals surface area (Å²) >= 11 is 0. The second kappa shape index (κ2) is 8.86. The van der Waals surface area contributed by atoms with Crippen LogP contribution in [0.1, 0.15) is 23.2 Å². The van der Waals surface area contributed by atoms with Gasteiger partial charge < -0.3 is 25.0 Å². The van der Waals surface area contributed by atoms with Crippen LogP contribution in [0.15, 0.2) is 48.5 Å². The summed E-state index contributed by atoms with van der Waals surface area (Å²) in [7, 11) is 0. The maximum atomic E-state index is 12.6. The lowest BCUT2D eigenvalue weighted by atomic mass is 9.95. The van der Waals surface area contributed by atoms with Gasteiger partial charge in [-0.05, 0) is 37.1 Å². The molecule has 2 N–H and O–H groups in total. The molecule has 156 valence electrons. The Balaban J connectivity index is 1.22. The lowest BCUT2D eigenvalue weighted by Gasteiger charge is -2.31. The standard InChI is InChI=1S/C22H23N3O5/c26-20(13-23-21(27)15-4-2-1-3-5-15)25-10-8-16(9-11-25)22(28)24-17-6-7-18-19(12-17)30-14-29-18/h1-7,12,16H,8-11,13-14H2,(H,23,27)(H,24,28). The van der Waals surface area contributed by atoms with E-state index in [0.29, 0.717) is 48.7 Å². The Labute approximate surface area is 174 Å². The first-order valence-electron chi connectivity index (χ1n) is 9.92. The number of carbonyl (C=O) groups is 3. The van der Waals surface area contributed by atoms with Crippen molar-refractivity contribution in [3.05, 3.63) is 54.1 Å². The summed E-state index contributed by atoms with van der Waals surface area (Å²) in [5, 5.41) is 5.56. The zero-order valence-electron chi connectivity index (χ0n) is 16.4. The maximum absolute atomic E-state index is 12.6. The molecule has 3 amide bonds. The molecule has 8 heteroatoms. The molecule has 0 atom stereocenters. The first kappa shape index (κ1) is 19.8. The van der Waals surface area contributed by atoms with E-state index < -0.39 is 0 Å². The number of carbonyl (C=O) groups excluding carboxylic acids is 3. The monoisotopic (exact) mass is 409 g/mol. The van der Waals surface area contributed by atoms with Crippen LogP contribution in [0.25, 0.3) is 0 Å². The number of ether oxygens (including phenoxy) is 2. The number of nitrogens with zero attached hydrogens (tertiary/aromatic N) is 1. The molecule has 0 bridgehead atoms. The molecule has 1 fully saturated rings. The molecular weight excluding hydrogens is 386 g/mol. The zero-order chi connectivity index (χ0) is 20.9. The van der Waals surface area contributed by atoms with Crippen molar-refractivity contribution in [1.29, 1.82) is 0 Å². The second-order valence-corrected chi connectivity index (χ2v) is 7.26.